The standard InChI is InChI=1S/C28H21BrCl2N2O4/c1-3-6-18-11-17(13-22(29)25(18)37-15-19-7-4-5-8-23(19)30)12-21-26(34)32-28(36)33(27(21)35)20-10-9-16(2)24(31)14-20/h3-5,7-14H,1,6,15H2,2H3,(H,32,34,36)/b21-12-. The van der Waals surface area contributed by atoms with Gasteiger partial charge in [-0.3, -0.25) is 14.9 Å². The molecular formula is C28H21BrCl2N2O4. The van der Waals surface area contributed by atoms with Gasteiger partial charge in [0.05, 0.1) is 10.2 Å². The van der Waals surface area contributed by atoms with E-state index in [1.54, 1.807) is 43.3 Å². The number of anilines is 1. The summed E-state index contributed by atoms with van der Waals surface area (Å²) in [5.41, 5.74) is 3.02. The van der Waals surface area contributed by atoms with Gasteiger partial charge in [0.2, 0.25) is 0 Å². The molecule has 1 aliphatic rings. The van der Waals surface area contributed by atoms with Crippen molar-refractivity contribution in [1.29, 1.82) is 0 Å². The average molecular weight is 600 g/mol. The number of benzene rings is 3. The zero-order valence-corrected chi connectivity index (χ0v) is 22.8. The van der Waals surface area contributed by atoms with Crippen LogP contribution in [0.2, 0.25) is 10.0 Å². The molecule has 0 unspecified atom stereocenters. The second-order valence-corrected chi connectivity index (χ2v) is 9.92. The molecule has 1 heterocycles. The number of hydrogen-bond donors (Lipinski definition) is 1. The van der Waals surface area contributed by atoms with E-state index in [4.69, 9.17) is 27.9 Å². The van der Waals surface area contributed by atoms with Gasteiger partial charge < -0.3 is 4.74 Å². The number of nitrogens with one attached hydrogen (secondary N) is 1. The molecule has 37 heavy (non-hydrogen) atoms. The first-order chi connectivity index (χ1) is 17.7. The minimum absolute atomic E-state index is 0.197. The molecule has 0 radical (unpaired) electrons. The number of carbonyl (C=O) groups excluding carboxylic acids is 3. The molecule has 0 spiro atoms. The molecule has 0 aliphatic carbocycles. The Morgan fingerprint density at radius 2 is 1.78 bits per heavy atom. The first kappa shape index (κ1) is 26.7. The number of urea groups is 1. The third-order valence-corrected chi connectivity index (χ3v) is 7.03. The highest BCUT2D eigenvalue weighted by atomic mass is 79.9. The Kier molecular flexibility index (Phi) is 8.17. The van der Waals surface area contributed by atoms with Crippen molar-refractivity contribution >= 4 is 68.7 Å². The molecule has 1 fully saturated rings. The molecule has 3 aromatic rings. The topological polar surface area (TPSA) is 75.7 Å². The molecule has 1 aliphatic heterocycles. The fraction of sp³-hybridized carbons (Fsp3) is 0.107. The summed E-state index contributed by atoms with van der Waals surface area (Å²) in [6.45, 7) is 5.87. The molecule has 3 aromatic carbocycles. The van der Waals surface area contributed by atoms with Crippen molar-refractivity contribution in [1.82, 2.24) is 5.32 Å². The fourth-order valence-corrected chi connectivity index (χ4v) is 4.77. The minimum atomic E-state index is -0.844. The lowest BCUT2D eigenvalue weighted by Gasteiger charge is -2.26. The van der Waals surface area contributed by atoms with Gasteiger partial charge in [-0.05, 0) is 82.4 Å². The maximum absolute atomic E-state index is 13.3. The molecule has 4 rings (SSSR count). The van der Waals surface area contributed by atoms with Gasteiger partial charge in [0.15, 0.2) is 0 Å². The third kappa shape index (κ3) is 5.80. The van der Waals surface area contributed by atoms with Gasteiger partial charge in [-0.2, -0.15) is 0 Å². The number of ether oxygens (including phenoxy) is 1. The van der Waals surface area contributed by atoms with E-state index in [9.17, 15) is 14.4 Å². The number of halogens is 3. The van der Waals surface area contributed by atoms with E-state index in [0.29, 0.717) is 32.3 Å². The molecule has 0 atom stereocenters. The summed E-state index contributed by atoms with van der Waals surface area (Å²) < 4.78 is 6.69. The molecule has 188 valence electrons. The first-order valence-electron chi connectivity index (χ1n) is 11.2. The van der Waals surface area contributed by atoms with Crippen LogP contribution in [-0.4, -0.2) is 17.8 Å². The van der Waals surface area contributed by atoms with E-state index < -0.39 is 17.8 Å². The zero-order valence-electron chi connectivity index (χ0n) is 19.7. The number of hydrogen-bond acceptors (Lipinski definition) is 4. The number of rotatable bonds is 7. The van der Waals surface area contributed by atoms with Crippen LogP contribution < -0.4 is 15.0 Å². The summed E-state index contributed by atoms with van der Waals surface area (Å²) in [6.07, 6.45) is 3.63. The lowest BCUT2D eigenvalue weighted by atomic mass is 10.0. The van der Waals surface area contributed by atoms with Gasteiger partial charge in [0.1, 0.15) is 17.9 Å². The first-order valence-corrected chi connectivity index (χ1v) is 12.7. The zero-order chi connectivity index (χ0) is 26.7. The van der Waals surface area contributed by atoms with Crippen LogP contribution in [0.1, 0.15) is 22.3 Å². The predicted molar refractivity (Wildman–Crippen MR) is 149 cm³/mol. The Bertz CT molecular complexity index is 1470. The second kappa shape index (κ2) is 11.3. The van der Waals surface area contributed by atoms with Crippen LogP contribution in [-0.2, 0) is 22.6 Å². The van der Waals surface area contributed by atoms with Crippen LogP contribution in [0.15, 0.2) is 77.3 Å². The summed E-state index contributed by atoms with van der Waals surface area (Å²) in [5.74, 6) is -0.952. The van der Waals surface area contributed by atoms with Crippen LogP contribution in [0.3, 0.4) is 0 Å². The highest BCUT2D eigenvalue weighted by Crippen LogP contribution is 2.34. The Balaban J connectivity index is 1.68. The number of allylic oxidation sites excluding steroid dienone is 1. The Morgan fingerprint density at radius 1 is 1.03 bits per heavy atom. The van der Waals surface area contributed by atoms with E-state index in [0.717, 1.165) is 21.6 Å². The summed E-state index contributed by atoms with van der Waals surface area (Å²) in [4.78, 5) is 39.3. The SMILES string of the molecule is C=CCc1cc(/C=C2/C(=O)NC(=O)N(c3ccc(C)c(Cl)c3)C2=O)cc(Br)c1OCc1ccccc1Cl. The summed E-state index contributed by atoms with van der Waals surface area (Å²) >= 11 is 16.0. The molecule has 0 aromatic heterocycles. The smallest absolute Gasteiger partial charge is 0.335 e. The normalized spacial score (nSPS) is 14.6. The van der Waals surface area contributed by atoms with Gasteiger partial charge in [-0.15, -0.1) is 6.58 Å². The van der Waals surface area contributed by atoms with Crippen molar-refractivity contribution in [2.24, 2.45) is 0 Å². The van der Waals surface area contributed by atoms with E-state index >= 15 is 0 Å². The summed E-state index contributed by atoms with van der Waals surface area (Å²) in [7, 11) is 0. The van der Waals surface area contributed by atoms with Crippen molar-refractivity contribution in [3.63, 3.8) is 0 Å². The quantitative estimate of drug-likeness (QED) is 0.180. The van der Waals surface area contributed by atoms with E-state index in [1.807, 2.05) is 18.2 Å². The van der Waals surface area contributed by atoms with Crippen LogP contribution in [0.4, 0.5) is 10.5 Å². The van der Waals surface area contributed by atoms with E-state index in [2.05, 4.69) is 27.8 Å². The highest BCUT2D eigenvalue weighted by Gasteiger charge is 2.37. The fourth-order valence-electron chi connectivity index (χ4n) is 3.77. The van der Waals surface area contributed by atoms with Crippen molar-refractivity contribution in [2.45, 2.75) is 20.0 Å². The second-order valence-electron chi connectivity index (χ2n) is 8.26. The third-order valence-electron chi connectivity index (χ3n) is 5.66. The number of imide groups is 2. The van der Waals surface area contributed by atoms with Crippen molar-refractivity contribution < 1.29 is 19.1 Å². The molecule has 6 nitrogen and oxygen atoms in total. The number of aryl methyl sites for hydroxylation is 1. The Morgan fingerprint density at radius 3 is 2.49 bits per heavy atom. The largest absolute Gasteiger partial charge is 0.487 e. The minimum Gasteiger partial charge on any atom is -0.487 e. The molecule has 1 N–H and O–H groups in total. The van der Waals surface area contributed by atoms with Crippen molar-refractivity contribution in [2.75, 3.05) is 4.90 Å². The Hall–Kier alpha value is -3.39. The number of barbiturate groups is 1. The number of amides is 4. The number of nitrogens with zero attached hydrogens (tertiary/aromatic N) is 1. The average Bonchev–Trinajstić information content (AvgIpc) is 2.84. The van der Waals surface area contributed by atoms with Gasteiger partial charge in [-0.1, -0.05) is 53.5 Å². The maximum atomic E-state index is 13.3. The van der Waals surface area contributed by atoms with Crippen LogP contribution in [0, 0.1) is 6.92 Å². The van der Waals surface area contributed by atoms with Crippen LogP contribution >= 0.6 is 39.1 Å². The lowest BCUT2D eigenvalue weighted by molar-refractivity contribution is -0.122. The maximum Gasteiger partial charge on any atom is 0.335 e. The molecular weight excluding hydrogens is 579 g/mol. The highest BCUT2D eigenvalue weighted by molar-refractivity contribution is 9.10. The van der Waals surface area contributed by atoms with Gasteiger partial charge in [-0.25, -0.2) is 9.69 Å². The summed E-state index contributed by atoms with van der Waals surface area (Å²) in [6, 6.07) is 14.9. The van der Waals surface area contributed by atoms with Gasteiger partial charge in [0, 0.05) is 15.6 Å². The molecule has 0 bridgehead atoms. The number of carbonyl (C=O) groups is 3. The lowest BCUT2D eigenvalue weighted by Crippen LogP contribution is -2.54. The Labute approximate surface area is 232 Å². The van der Waals surface area contributed by atoms with E-state index in [1.165, 1.54) is 12.1 Å². The summed E-state index contributed by atoms with van der Waals surface area (Å²) in [5, 5.41) is 3.22. The van der Waals surface area contributed by atoms with Gasteiger partial charge in [0.25, 0.3) is 11.8 Å². The van der Waals surface area contributed by atoms with Crippen molar-refractivity contribution in [3.05, 3.63) is 110 Å². The molecule has 4 amide bonds. The molecule has 0 saturated carbocycles. The van der Waals surface area contributed by atoms with E-state index in [-0.39, 0.29) is 17.9 Å². The molecule has 1 saturated heterocycles. The van der Waals surface area contributed by atoms with Crippen LogP contribution in [0.5, 0.6) is 5.75 Å². The van der Waals surface area contributed by atoms with Crippen LogP contribution in [0.25, 0.3) is 6.08 Å². The molecule has 9 heteroatoms. The van der Waals surface area contributed by atoms with Gasteiger partial charge >= 0.3 is 6.03 Å². The van der Waals surface area contributed by atoms with Crippen molar-refractivity contribution in [3.8, 4) is 5.75 Å². The predicted octanol–water partition coefficient (Wildman–Crippen LogP) is 7.04. The monoisotopic (exact) mass is 598 g/mol.